The summed E-state index contributed by atoms with van der Waals surface area (Å²) >= 11 is 1.65. The number of carbonyl (C=O) groups excluding carboxylic acids is 2. The third-order valence-corrected chi connectivity index (χ3v) is 5.58. The van der Waals surface area contributed by atoms with Gasteiger partial charge in [-0.15, -0.1) is 0 Å². The van der Waals surface area contributed by atoms with E-state index in [1.807, 2.05) is 61.8 Å². The van der Waals surface area contributed by atoms with Gasteiger partial charge in [-0.05, 0) is 65.6 Å². The average molecular weight is 393 g/mol. The van der Waals surface area contributed by atoms with Crippen molar-refractivity contribution < 1.29 is 9.59 Å². The SMILES string of the molecule is CC(c1cccc(NC(=O)c2ccccc2)c1)N(C)C(=O)CCc1ccsc1. The van der Waals surface area contributed by atoms with Gasteiger partial charge in [0, 0.05) is 24.7 Å². The summed E-state index contributed by atoms with van der Waals surface area (Å²) in [5.41, 5.74) is 3.52. The van der Waals surface area contributed by atoms with Crippen LogP contribution in [0.1, 0.15) is 40.9 Å². The molecule has 4 nitrogen and oxygen atoms in total. The van der Waals surface area contributed by atoms with Crippen LogP contribution in [-0.2, 0) is 11.2 Å². The molecule has 0 saturated carbocycles. The molecular weight excluding hydrogens is 368 g/mol. The first-order valence-electron chi connectivity index (χ1n) is 9.27. The highest BCUT2D eigenvalue weighted by Gasteiger charge is 2.18. The molecule has 1 atom stereocenters. The van der Waals surface area contributed by atoms with E-state index in [0.29, 0.717) is 12.0 Å². The van der Waals surface area contributed by atoms with Crippen molar-refractivity contribution in [1.82, 2.24) is 4.90 Å². The lowest BCUT2D eigenvalue weighted by molar-refractivity contribution is -0.131. The second-order valence-electron chi connectivity index (χ2n) is 6.76. The normalized spacial score (nSPS) is 11.6. The van der Waals surface area contributed by atoms with Crippen molar-refractivity contribution >= 4 is 28.8 Å². The molecule has 5 heteroatoms. The minimum atomic E-state index is -0.148. The highest BCUT2D eigenvalue weighted by Crippen LogP contribution is 2.23. The first kappa shape index (κ1) is 19.8. The predicted molar refractivity (Wildman–Crippen MR) is 115 cm³/mol. The number of nitrogens with one attached hydrogen (secondary N) is 1. The summed E-state index contributed by atoms with van der Waals surface area (Å²) in [5, 5.41) is 7.03. The van der Waals surface area contributed by atoms with Crippen LogP contribution < -0.4 is 5.32 Å². The minimum Gasteiger partial charge on any atom is -0.339 e. The third kappa shape index (κ3) is 5.08. The fourth-order valence-electron chi connectivity index (χ4n) is 2.97. The summed E-state index contributed by atoms with van der Waals surface area (Å²) in [4.78, 5) is 26.7. The van der Waals surface area contributed by atoms with Crippen LogP contribution in [0.5, 0.6) is 0 Å². The Morgan fingerprint density at radius 2 is 1.86 bits per heavy atom. The molecule has 3 aromatic rings. The smallest absolute Gasteiger partial charge is 0.255 e. The van der Waals surface area contributed by atoms with Crippen molar-refractivity contribution in [3.05, 3.63) is 88.1 Å². The monoisotopic (exact) mass is 392 g/mol. The largest absolute Gasteiger partial charge is 0.339 e. The summed E-state index contributed by atoms with van der Waals surface area (Å²) in [6.45, 7) is 2.00. The van der Waals surface area contributed by atoms with Gasteiger partial charge >= 0.3 is 0 Å². The van der Waals surface area contributed by atoms with Gasteiger partial charge < -0.3 is 10.2 Å². The highest BCUT2D eigenvalue weighted by molar-refractivity contribution is 7.07. The zero-order valence-corrected chi connectivity index (χ0v) is 16.9. The van der Waals surface area contributed by atoms with Gasteiger partial charge in [-0.3, -0.25) is 9.59 Å². The Morgan fingerprint density at radius 1 is 1.07 bits per heavy atom. The topological polar surface area (TPSA) is 49.4 Å². The number of hydrogen-bond acceptors (Lipinski definition) is 3. The molecule has 1 N–H and O–H groups in total. The van der Waals surface area contributed by atoms with E-state index < -0.39 is 0 Å². The van der Waals surface area contributed by atoms with Gasteiger partial charge in [0.05, 0.1) is 6.04 Å². The van der Waals surface area contributed by atoms with E-state index in [1.54, 1.807) is 28.4 Å². The molecule has 2 amide bonds. The van der Waals surface area contributed by atoms with E-state index in [4.69, 9.17) is 0 Å². The van der Waals surface area contributed by atoms with Gasteiger partial charge in [0.25, 0.3) is 5.91 Å². The Labute approximate surface area is 169 Å². The molecular formula is C23H24N2O2S. The number of benzene rings is 2. The van der Waals surface area contributed by atoms with E-state index in [-0.39, 0.29) is 17.9 Å². The van der Waals surface area contributed by atoms with Crippen molar-refractivity contribution in [3.63, 3.8) is 0 Å². The van der Waals surface area contributed by atoms with Crippen molar-refractivity contribution in [3.8, 4) is 0 Å². The fourth-order valence-corrected chi connectivity index (χ4v) is 3.67. The number of carbonyl (C=O) groups is 2. The van der Waals surface area contributed by atoms with E-state index >= 15 is 0 Å². The molecule has 0 bridgehead atoms. The molecule has 0 aliphatic heterocycles. The summed E-state index contributed by atoms with van der Waals surface area (Å²) < 4.78 is 0. The maximum Gasteiger partial charge on any atom is 0.255 e. The van der Waals surface area contributed by atoms with Crippen molar-refractivity contribution in [2.75, 3.05) is 12.4 Å². The molecule has 2 aromatic carbocycles. The highest BCUT2D eigenvalue weighted by atomic mass is 32.1. The molecule has 1 unspecified atom stereocenters. The predicted octanol–water partition coefficient (Wildman–Crippen LogP) is 5.15. The van der Waals surface area contributed by atoms with Crippen LogP contribution in [0.4, 0.5) is 5.69 Å². The number of thiophene rings is 1. The van der Waals surface area contributed by atoms with Gasteiger partial charge in [0.2, 0.25) is 5.91 Å². The summed E-state index contributed by atoms with van der Waals surface area (Å²) in [7, 11) is 1.83. The third-order valence-electron chi connectivity index (χ3n) is 4.84. The Hall–Kier alpha value is -2.92. The number of hydrogen-bond donors (Lipinski definition) is 1. The van der Waals surface area contributed by atoms with Gasteiger partial charge in [-0.2, -0.15) is 11.3 Å². The van der Waals surface area contributed by atoms with E-state index in [1.165, 1.54) is 5.56 Å². The lowest BCUT2D eigenvalue weighted by atomic mass is 10.1. The van der Waals surface area contributed by atoms with Crippen molar-refractivity contribution in [2.45, 2.75) is 25.8 Å². The number of nitrogens with zero attached hydrogens (tertiary/aromatic N) is 1. The number of amides is 2. The first-order valence-corrected chi connectivity index (χ1v) is 10.2. The molecule has 1 aromatic heterocycles. The zero-order valence-electron chi connectivity index (χ0n) is 16.1. The standard InChI is InChI=1S/C23H24N2O2S/c1-17(25(2)22(26)12-11-18-13-14-28-16-18)20-9-6-10-21(15-20)24-23(27)19-7-4-3-5-8-19/h3-10,13-17H,11-12H2,1-2H3,(H,24,27). The Morgan fingerprint density at radius 3 is 2.57 bits per heavy atom. The summed E-state index contributed by atoms with van der Waals surface area (Å²) in [5.74, 6) is -0.0389. The summed E-state index contributed by atoms with van der Waals surface area (Å²) in [6, 6.07) is 18.7. The van der Waals surface area contributed by atoms with E-state index in [9.17, 15) is 9.59 Å². The van der Waals surface area contributed by atoms with Crippen molar-refractivity contribution in [1.29, 1.82) is 0 Å². The molecule has 0 aliphatic rings. The van der Waals surface area contributed by atoms with Gasteiger partial charge in [-0.25, -0.2) is 0 Å². The fraction of sp³-hybridized carbons (Fsp3) is 0.217. The lowest BCUT2D eigenvalue weighted by Crippen LogP contribution is -2.29. The van der Waals surface area contributed by atoms with Crippen LogP contribution in [0.3, 0.4) is 0 Å². The molecule has 0 fully saturated rings. The average Bonchev–Trinajstić information content (AvgIpc) is 3.25. The van der Waals surface area contributed by atoms with Crippen LogP contribution in [0, 0.1) is 0 Å². The van der Waals surface area contributed by atoms with Crippen LogP contribution in [0.15, 0.2) is 71.4 Å². The van der Waals surface area contributed by atoms with Crippen LogP contribution in [-0.4, -0.2) is 23.8 Å². The van der Waals surface area contributed by atoms with Crippen LogP contribution >= 0.6 is 11.3 Å². The zero-order chi connectivity index (χ0) is 19.9. The molecule has 0 aliphatic carbocycles. The van der Waals surface area contributed by atoms with Crippen molar-refractivity contribution in [2.24, 2.45) is 0 Å². The maximum atomic E-state index is 12.6. The summed E-state index contributed by atoms with van der Waals surface area (Å²) in [6.07, 6.45) is 1.24. The number of rotatable bonds is 7. The number of anilines is 1. The minimum absolute atomic E-state index is 0.0800. The van der Waals surface area contributed by atoms with Crippen LogP contribution in [0.2, 0.25) is 0 Å². The number of aryl methyl sites for hydroxylation is 1. The molecule has 0 spiro atoms. The second-order valence-corrected chi connectivity index (χ2v) is 7.54. The van der Waals surface area contributed by atoms with E-state index in [0.717, 1.165) is 17.7 Å². The quantitative estimate of drug-likeness (QED) is 0.604. The molecule has 0 saturated heterocycles. The van der Waals surface area contributed by atoms with E-state index in [2.05, 4.69) is 16.8 Å². The van der Waals surface area contributed by atoms with Crippen LogP contribution in [0.25, 0.3) is 0 Å². The molecule has 0 radical (unpaired) electrons. The second kappa shape index (κ2) is 9.33. The Bertz CT molecular complexity index is 923. The van der Waals surface area contributed by atoms with Gasteiger partial charge in [0.15, 0.2) is 0 Å². The van der Waals surface area contributed by atoms with Gasteiger partial charge in [0.1, 0.15) is 0 Å². The lowest BCUT2D eigenvalue weighted by Gasteiger charge is -2.26. The Balaban J connectivity index is 1.63. The first-order chi connectivity index (χ1) is 13.5. The molecule has 144 valence electrons. The maximum absolute atomic E-state index is 12.6. The Kier molecular flexibility index (Phi) is 6.61. The molecule has 28 heavy (non-hydrogen) atoms. The molecule has 3 rings (SSSR count). The van der Waals surface area contributed by atoms with Gasteiger partial charge in [-0.1, -0.05) is 30.3 Å². The molecule has 1 heterocycles.